The van der Waals surface area contributed by atoms with Gasteiger partial charge in [0.05, 0.1) is 31.6 Å². The van der Waals surface area contributed by atoms with Crippen molar-refractivity contribution in [3.8, 4) is 0 Å². The molecule has 2 saturated heterocycles. The summed E-state index contributed by atoms with van der Waals surface area (Å²) in [4.78, 5) is 193. The Labute approximate surface area is 646 Å². The van der Waals surface area contributed by atoms with Gasteiger partial charge in [-0.1, -0.05) is 65.5 Å². The Morgan fingerprint density at radius 3 is 1.81 bits per heavy atom. The van der Waals surface area contributed by atoms with Crippen molar-refractivity contribution in [3.63, 3.8) is 0 Å². The molecular weight excluding hydrogens is 1470 g/mol. The van der Waals surface area contributed by atoms with Gasteiger partial charge in [0, 0.05) is 88.6 Å². The predicted octanol–water partition coefficient (Wildman–Crippen LogP) is 6.12. The van der Waals surface area contributed by atoms with Crippen LogP contribution in [-0.4, -0.2) is 302 Å². The van der Waals surface area contributed by atoms with Crippen molar-refractivity contribution < 1.29 is 102 Å². The summed E-state index contributed by atoms with van der Waals surface area (Å²) in [6, 6.07) is -12.2. The molecule has 7 fully saturated rings. The van der Waals surface area contributed by atoms with Crippen LogP contribution >= 0.6 is 0 Å². The summed E-state index contributed by atoms with van der Waals surface area (Å²) >= 11 is 0. The number of carbonyl (C=O) groups is 12. The third-order valence-corrected chi connectivity index (χ3v) is 24.7. The van der Waals surface area contributed by atoms with E-state index in [2.05, 4.69) is 16.0 Å². The van der Waals surface area contributed by atoms with Crippen LogP contribution in [0.3, 0.4) is 0 Å². The van der Waals surface area contributed by atoms with Crippen LogP contribution in [0.15, 0.2) is 12.2 Å². The van der Waals surface area contributed by atoms with E-state index < -0.39 is 242 Å². The lowest BCUT2D eigenvalue weighted by atomic mass is 9.58. The molecule has 5 aliphatic carbocycles. The first kappa shape index (κ1) is 89.3. The number of nitrogens with zero attached hydrogens (tertiary/aromatic N) is 9. The largest absolute Gasteiger partial charge is 0.397 e. The van der Waals surface area contributed by atoms with Crippen LogP contribution in [0.25, 0.3) is 0 Å². The van der Waals surface area contributed by atoms with E-state index in [0.29, 0.717) is 32.1 Å². The number of likely N-dealkylation sites (N-methyl/N-ethyl adjacent to an activating group) is 6. The molecule has 3 N–H and O–H groups in total. The highest BCUT2D eigenvalue weighted by Crippen LogP contribution is 2.50. The lowest BCUT2D eigenvalue weighted by molar-refractivity contribution is -0.219. The number of alkyl halides is 8. The summed E-state index contributed by atoms with van der Waals surface area (Å²) in [6.45, 7) is 6.55. The molecule has 0 radical (unpaired) electrons. The number of hydrogen-bond acceptors (Lipinski definition) is 14. The Kier molecular flexibility index (Phi) is 30.0. The van der Waals surface area contributed by atoms with Crippen LogP contribution in [0.5, 0.6) is 0 Å². The van der Waals surface area contributed by atoms with Crippen molar-refractivity contribution in [2.45, 2.75) is 267 Å². The van der Waals surface area contributed by atoms with Crippen LogP contribution in [0.2, 0.25) is 0 Å². The van der Waals surface area contributed by atoms with Gasteiger partial charge in [0.1, 0.15) is 78.7 Å². The fourth-order valence-electron chi connectivity index (χ4n) is 17.7. The zero-order chi connectivity index (χ0) is 82.3. The monoisotopic (exact) mass is 1590 g/mol. The molecule has 0 aromatic carbocycles. The number of hydrogen-bond donors (Lipinski definition) is 3. The Morgan fingerprint density at radius 2 is 1.26 bits per heavy atom. The van der Waals surface area contributed by atoms with Gasteiger partial charge < -0.3 is 69.5 Å². The summed E-state index contributed by atoms with van der Waals surface area (Å²) in [6.07, 6.45) is -13.0. The van der Waals surface area contributed by atoms with Crippen LogP contribution in [0, 0.1) is 40.9 Å². The van der Waals surface area contributed by atoms with Crippen LogP contribution in [-0.2, 0) is 67.0 Å². The number of halogens is 8. The highest BCUT2D eigenvalue weighted by atomic mass is 19.4. The molecule has 3 aliphatic heterocycles. The van der Waals surface area contributed by atoms with E-state index in [1.807, 2.05) is 13.8 Å². The average molecular weight is 1590 g/mol. The maximum absolute atomic E-state index is 15.7. The van der Waals surface area contributed by atoms with E-state index in [9.17, 15) is 50.3 Å². The molecule has 8 rings (SSSR count). The van der Waals surface area contributed by atoms with E-state index in [1.165, 1.54) is 76.0 Å². The normalized spacial score (nSPS) is 32.4. The molecule has 626 valence electrons. The minimum absolute atomic E-state index is 0.00141. The molecule has 34 heteroatoms. The third kappa shape index (κ3) is 21.6. The molecular formula is C77H118F8N12O14. The van der Waals surface area contributed by atoms with Gasteiger partial charge in [-0.25, -0.2) is 8.78 Å². The van der Waals surface area contributed by atoms with Gasteiger partial charge >= 0.3 is 12.4 Å². The number of carbonyl (C=O) groups excluding carboxylic acids is 12. The van der Waals surface area contributed by atoms with Crippen molar-refractivity contribution in [1.29, 1.82) is 0 Å². The fraction of sp³-hybridized carbons (Fsp3) is 0.818. The molecule has 3 heterocycles. The highest BCUT2D eigenvalue weighted by Gasteiger charge is 2.60. The van der Waals surface area contributed by atoms with Crippen molar-refractivity contribution in [2.24, 2.45) is 40.9 Å². The molecule has 0 aromatic heterocycles. The summed E-state index contributed by atoms with van der Waals surface area (Å²) in [5, 5.41) is 8.44. The van der Waals surface area contributed by atoms with E-state index in [4.69, 9.17) is 9.47 Å². The lowest BCUT2D eigenvalue weighted by Crippen LogP contribution is -2.71. The van der Waals surface area contributed by atoms with Gasteiger partial charge in [-0.15, -0.1) is 0 Å². The fourth-order valence-corrected chi connectivity index (χ4v) is 17.7. The second-order valence-electron chi connectivity index (χ2n) is 33.7. The molecule has 2 bridgehead atoms. The second-order valence-corrected chi connectivity index (χ2v) is 33.7. The Morgan fingerprint density at radius 1 is 0.640 bits per heavy atom. The lowest BCUT2D eigenvalue weighted by Gasteiger charge is -2.54. The van der Waals surface area contributed by atoms with Crippen molar-refractivity contribution in [1.82, 2.24) is 60.0 Å². The molecule has 1 spiro atoms. The summed E-state index contributed by atoms with van der Waals surface area (Å²) < 4.78 is 127. The van der Waals surface area contributed by atoms with Crippen LogP contribution in [0.1, 0.15) is 176 Å². The van der Waals surface area contributed by atoms with Crippen molar-refractivity contribution >= 4 is 70.9 Å². The van der Waals surface area contributed by atoms with Gasteiger partial charge in [0.25, 0.3) is 0 Å². The summed E-state index contributed by atoms with van der Waals surface area (Å²) in [5.41, 5.74) is -2.38. The maximum atomic E-state index is 15.7. The number of nitrogens with one attached hydrogen (secondary N) is 3. The Balaban J connectivity index is 1.22. The van der Waals surface area contributed by atoms with E-state index in [1.54, 1.807) is 32.9 Å². The quantitative estimate of drug-likeness (QED) is 0.123. The van der Waals surface area contributed by atoms with E-state index >= 15 is 42.3 Å². The molecule has 12 amide bonds. The van der Waals surface area contributed by atoms with Gasteiger partial charge in [0.15, 0.2) is 0 Å². The SMILES string of the molecule is CCO[C@@H]1C[C@H]2C(=O)NC3(CC(C)(C)C3)C(=O)N(C)[C@@H](CC3CCC3)C(=O)N(C)[C@H](C(=O)N(C)C)CC(=O)N(C)[C@@H](COC)C(=O)N[C@@H]([C@@H](C)CC)C(=O)N(C3CC3)CC(=O)N(C)[C@H]3C/C=C\CCN(C3=O)[C@@H](CC3CCC(C(F)(F)F)CC3)C(=O)N(C)CC(=O)N[C@@H](CCC3CC(F)C(C(F)(F)F)C(F)C3)C(=O)N2C1. The second kappa shape index (κ2) is 37.3. The first-order valence-corrected chi connectivity index (χ1v) is 39.5. The predicted molar refractivity (Wildman–Crippen MR) is 390 cm³/mol. The maximum Gasteiger partial charge on any atom is 0.397 e. The van der Waals surface area contributed by atoms with E-state index in [-0.39, 0.29) is 103 Å². The standard InChI is InChI=1S/C77H118F8N12O14/c1-14-44(3)64-72(108)96(49-28-29-49)40-62(100)91(9)54-22-17-16-18-31-95(71(54)107)58(35-46-23-26-48(27-24-46)76(80,81)82)69(105)90(8)39-60(98)86-53(30-25-47-32-51(78)63(52(79)33-47)77(83,84)85)67(103)97-38-50(111-15-2)36-55(97)66(102)88-75(42-74(4,5)43-75)73(109)94(12)56(34-45-20-19-21-45)70(106)93(11)57(68(104)89(6)7)37-61(99)92(10)59(41-110-13)65(101)87-64/h16-17,44-59,63-64H,14-15,18-43H2,1-13H3,(H,86,98)(H,87,101)(H,88,102)/b17-16-/t44-,46?,47?,48?,50+,51?,52?,53-,54-,55-,56-,57-,58-,59-,63?,64-/m0/s1. The zero-order valence-corrected chi connectivity index (χ0v) is 66.6. The minimum Gasteiger partial charge on any atom is -0.382 e. The minimum atomic E-state index is -5.22. The molecule has 12 atom stereocenters. The molecule has 111 heavy (non-hydrogen) atoms. The summed E-state index contributed by atoms with van der Waals surface area (Å²) in [5.74, 6) is -16.6. The molecule has 5 saturated carbocycles. The van der Waals surface area contributed by atoms with Crippen molar-refractivity contribution in [3.05, 3.63) is 12.2 Å². The summed E-state index contributed by atoms with van der Waals surface area (Å²) in [7, 11) is 10.7. The smallest absolute Gasteiger partial charge is 0.382 e. The van der Waals surface area contributed by atoms with Crippen LogP contribution < -0.4 is 16.0 Å². The third-order valence-electron chi connectivity index (χ3n) is 24.7. The molecule has 8 aliphatic rings. The van der Waals surface area contributed by atoms with Gasteiger partial charge in [0.2, 0.25) is 70.9 Å². The molecule has 0 aromatic rings. The highest BCUT2D eigenvalue weighted by molar-refractivity contribution is 6.01. The first-order valence-electron chi connectivity index (χ1n) is 39.5. The van der Waals surface area contributed by atoms with Crippen LogP contribution in [0.4, 0.5) is 35.1 Å². The number of methoxy groups -OCH3 is 1. The molecule has 2 unspecified atom stereocenters. The zero-order valence-electron chi connectivity index (χ0n) is 66.6. The first-order chi connectivity index (χ1) is 52.0. The number of amides is 12. The van der Waals surface area contributed by atoms with Gasteiger partial charge in [-0.2, -0.15) is 26.3 Å². The Hall–Kier alpha value is -7.26. The number of rotatable bonds is 15. The van der Waals surface area contributed by atoms with Gasteiger partial charge in [-0.3, -0.25) is 57.5 Å². The topological polar surface area (TPSA) is 289 Å². The van der Waals surface area contributed by atoms with E-state index in [0.717, 1.165) is 30.9 Å². The van der Waals surface area contributed by atoms with Gasteiger partial charge in [-0.05, 0) is 139 Å². The number of fused-ring (bicyclic) bond motifs is 3. The average Bonchev–Trinajstić information content (AvgIpc) is 1.42. The van der Waals surface area contributed by atoms with Crippen molar-refractivity contribution in [2.75, 3.05) is 95.8 Å². The molecule has 26 nitrogen and oxygen atoms in total. The number of ether oxygens (including phenoxy) is 2. The Bertz CT molecular complexity index is 3370.